The Bertz CT molecular complexity index is 168. The molecule has 0 aliphatic carbocycles. The van der Waals surface area contributed by atoms with Crippen LogP contribution in [0.5, 0.6) is 0 Å². The van der Waals surface area contributed by atoms with Crippen LogP contribution in [0.4, 0.5) is 0 Å². The molecule has 1 saturated heterocycles. The molecule has 1 unspecified atom stereocenters. The van der Waals surface area contributed by atoms with E-state index in [0.29, 0.717) is 18.6 Å². The third-order valence-corrected chi connectivity index (χ3v) is 2.35. The van der Waals surface area contributed by atoms with Crippen LogP contribution < -0.4 is 5.32 Å². The predicted octanol–water partition coefficient (Wildman–Crippen LogP) is 0.605. The summed E-state index contributed by atoms with van der Waals surface area (Å²) in [7, 11) is 0. The van der Waals surface area contributed by atoms with Gasteiger partial charge in [0.15, 0.2) is 0 Å². The molecule has 0 bridgehead atoms. The highest BCUT2D eigenvalue weighted by molar-refractivity contribution is 5.78. The average Bonchev–Trinajstić information content (AvgIpc) is 2.14. The Morgan fingerprint density at radius 3 is 2.83 bits per heavy atom. The number of hydrogen-bond acceptors (Lipinski definition) is 2. The minimum atomic E-state index is 0.231. The summed E-state index contributed by atoms with van der Waals surface area (Å²) in [5.41, 5.74) is 0. The molecular weight excluding hydrogens is 152 g/mol. The second kappa shape index (κ2) is 3.90. The SMILES string of the molecule is CC1CCN(C(C)C)C(=O)CN1. The van der Waals surface area contributed by atoms with E-state index in [-0.39, 0.29) is 5.91 Å². The van der Waals surface area contributed by atoms with Crippen molar-refractivity contribution < 1.29 is 4.79 Å². The fraction of sp³-hybridized carbons (Fsp3) is 0.889. The van der Waals surface area contributed by atoms with Crippen LogP contribution in [0.2, 0.25) is 0 Å². The smallest absolute Gasteiger partial charge is 0.236 e. The second-order valence-corrected chi connectivity index (χ2v) is 3.75. The Kier molecular flexibility index (Phi) is 3.09. The van der Waals surface area contributed by atoms with Gasteiger partial charge >= 0.3 is 0 Å². The van der Waals surface area contributed by atoms with Gasteiger partial charge in [0.05, 0.1) is 6.54 Å². The Labute approximate surface area is 74.1 Å². The van der Waals surface area contributed by atoms with E-state index in [2.05, 4.69) is 26.1 Å². The van der Waals surface area contributed by atoms with Gasteiger partial charge < -0.3 is 10.2 Å². The minimum Gasteiger partial charge on any atom is -0.339 e. The van der Waals surface area contributed by atoms with Crippen LogP contribution in [0.1, 0.15) is 27.2 Å². The lowest BCUT2D eigenvalue weighted by molar-refractivity contribution is -0.131. The standard InChI is InChI=1S/C9H18N2O/c1-7(2)11-5-4-8(3)10-6-9(11)12/h7-8,10H,4-6H2,1-3H3. The Hall–Kier alpha value is -0.570. The van der Waals surface area contributed by atoms with Crippen molar-refractivity contribution in [3.63, 3.8) is 0 Å². The zero-order valence-corrected chi connectivity index (χ0v) is 8.13. The van der Waals surface area contributed by atoms with E-state index in [0.717, 1.165) is 13.0 Å². The van der Waals surface area contributed by atoms with Crippen molar-refractivity contribution >= 4 is 5.91 Å². The van der Waals surface area contributed by atoms with Gasteiger partial charge in [0.2, 0.25) is 5.91 Å². The highest BCUT2D eigenvalue weighted by Crippen LogP contribution is 2.05. The van der Waals surface area contributed by atoms with E-state index >= 15 is 0 Å². The summed E-state index contributed by atoms with van der Waals surface area (Å²) in [6.45, 7) is 7.64. The number of amides is 1. The number of rotatable bonds is 1. The van der Waals surface area contributed by atoms with Gasteiger partial charge in [-0.1, -0.05) is 0 Å². The molecule has 1 amide bonds. The highest BCUT2D eigenvalue weighted by atomic mass is 16.2. The third kappa shape index (κ3) is 2.21. The second-order valence-electron chi connectivity index (χ2n) is 3.75. The number of hydrogen-bond donors (Lipinski definition) is 1. The molecule has 1 aliphatic rings. The number of nitrogens with one attached hydrogen (secondary N) is 1. The summed E-state index contributed by atoms with van der Waals surface area (Å²) in [6.07, 6.45) is 1.06. The van der Waals surface area contributed by atoms with E-state index in [1.54, 1.807) is 0 Å². The third-order valence-electron chi connectivity index (χ3n) is 2.35. The minimum absolute atomic E-state index is 0.231. The summed E-state index contributed by atoms with van der Waals surface area (Å²) in [5.74, 6) is 0.231. The molecule has 3 heteroatoms. The van der Waals surface area contributed by atoms with Crippen LogP contribution in [0.15, 0.2) is 0 Å². The quantitative estimate of drug-likeness (QED) is 0.625. The fourth-order valence-electron chi connectivity index (χ4n) is 1.47. The first kappa shape index (κ1) is 9.52. The van der Waals surface area contributed by atoms with Crippen molar-refractivity contribution in [2.75, 3.05) is 13.1 Å². The molecule has 0 saturated carbocycles. The van der Waals surface area contributed by atoms with Gasteiger partial charge in [0.1, 0.15) is 0 Å². The van der Waals surface area contributed by atoms with Crippen LogP contribution in [-0.4, -0.2) is 36.0 Å². The monoisotopic (exact) mass is 170 g/mol. The van der Waals surface area contributed by atoms with E-state index in [9.17, 15) is 4.79 Å². The van der Waals surface area contributed by atoms with Crippen molar-refractivity contribution in [1.29, 1.82) is 0 Å². The van der Waals surface area contributed by atoms with Crippen molar-refractivity contribution in [2.45, 2.75) is 39.3 Å². The molecule has 0 aromatic carbocycles. The van der Waals surface area contributed by atoms with Gasteiger partial charge in [-0.05, 0) is 27.2 Å². The zero-order chi connectivity index (χ0) is 9.14. The molecule has 1 rings (SSSR count). The van der Waals surface area contributed by atoms with E-state index in [1.165, 1.54) is 0 Å². The van der Waals surface area contributed by atoms with E-state index in [1.807, 2.05) is 4.90 Å². The maximum absolute atomic E-state index is 11.5. The van der Waals surface area contributed by atoms with E-state index in [4.69, 9.17) is 0 Å². The molecule has 70 valence electrons. The fourth-order valence-corrected chi connectivity index (χ4v) is 1.47. The first-order valence-corrected chi connectivity index (χ1v) is 4.64. The van der Waals surface area contributed by atoms with Crippen molar-refractivity contribution in [2.24, 2.45) is 0 Å². The summed E-state index contributed by atoms with van der Waals surface area (Å²) in [4.78, 5) is 13.4. The first-order valence-electron chi connectivity index (χ1n) is 4.64. The molecule has 0 aromatic rings. The van der Waals surface area contributed by atoms with Crippen molar-refractivity contribution in [3.8, 4) is 0 Å². The van der Waals surface area contributed by atoms with Gasteiger partial charge in [-0.15, -0.1) is 0 Å². The van der Waals surface area contributed by atoms with Crippen LogP contribution in [-0.2, 0) is 4.79 Å². The summed E-state index contributed by atoms with van der Waals surface area (Å²) < 4.78 is 0. The molecule has 3 nitrogen and oxygen atoms in total. The highest BCUT2D eigenvalue weighted by Gasteiger charge is 2.21. The molecule has 1 atom stereocenters. The molecule has 0 aromatic heterocycles. The molecule has 0 radical (unpaired) electrons. The first-order chi connectivity index (χ1) is 5.61. The Morgan fingerprint density at radius 2 is 2.25 bits per heavy atom. The molecular formula is C9H18N2O. The van der Waals surface area contributed by atoms with Gasteiger partial charge in [0.25, 0.3) is 0 Å². The number of carbonyl (C=O) groups is 1. The topological polar surface area (TPSA) is 32.3 Å². The summed E-state index contributed by atoms with van der Waals surface area (Å²) in [5, 5.41) is 3.19. The lowest BCUT2D eigenvalue weighted by atomic mass is 10.2. The lowest BCUT2D eigenvalue weighted by Crippen LogP contribution is -2.39. The number of nitrogens with zero attached hydrogens (tertiary/aromatic N) is 1. The Morgan fingerprint density at radius 1 is 1.58 bits per heavy atom. The van der Waals surface area contributed by atoms with Crippen LogP contribution in [0, 0.1) is 0 Å². The largest absolute Gasteiger partial charge is 0.339 e. The number of carbonyl (C=O) groups excluding carboxylic acids is 1. The normalized spacial score (nSPS) is 26.2. The zero-order valence-electron chi connectivity index (χ0n) is 8.13. The molecule has 1 N–H and O–H groups in total. The molecule has 1 aliphatic heterocycles. The van der Waals surface area contributed by atoms with Gasteiger partial charge in [0, 0.05) is 18.6 Å². The lowest BCUT2D eigenvalue weighted by Gasteiger charge is -2.24. The van der Waals surface area contributed by atoms with Crippen molar-refractivity contribution in [3.05, 3.63) is 0 Å². The average molecular weight is 170 g/mol. The molecule has 12 heavy (non-hydrogen) atoms. The van der Waals surface area contributed by atoms with Crippen LogP contribution in [0.25, 0.3) is 0 Å². The van der Waals surface area contributed by atoms with Gasteiger partial charge in [-0.25, -0.2) is 0 Å². The maximum atomic E-state index is 11.5. The van der Waals surface area contributed by atoms with Crippen LogP contribution in [0.3, 0.4) is 0 Å². The predicted molar refractivity (Wildman–Crippen MR) is 48.9 cm³/mol. The van der Waals surface area contributed by atoms with Gasteiger partial charge in [-0.3, -0.25) is 4.79 Å². The molecule has 1 heterocycles. The summed E-state index contributed by atoms with van der Waals surface area (Å²) >= 11 is 0. The van der Waals surface area contributed by atoms with E-state index < -0.39 is 0 Å². The van der Waals surface area contributed by atoms with Gasteiger partial charge in [-0.2, -0.15) is 0 Å². The maximum Gasteiger partial charge on any atom is 0.236 e. The summed E-state index contributed by atoms with van der Waals surface area (Å²) in [6, 6.07) is 0.808. The Balaban J connectivity index is 2.56. The molecule has 0 spiro atoms. The van der Waals surface area contributed by atoms with Crippen LogP contribution >= 0.6 is 0 Å². The molecule has 1 fully saturated rings. The van der Waals surface area contributed by atoms with Crippen molar-refractivity contribution in [1.82, 2.24) is 10.2 Å².